The molecule has 10 heteroatoms. The van der Waals surface area contributed by atoms with Gasteiger partial charge in [-0.3, -0.25) is 9.59 Å². The molecule has 238 valence electrons. The monoisotopic (exact) mass is 599 g/mol. The van der Waals surface area contributed by atoms with Crippen LogP contribution in [0.2, 0.25) is 0 Å². The van der Waals surface area contributed by atoms with E-state index in [1.807, 2.05) is 74.5 Å². The van der Waals surface area contributed by atoms with Crippen molar-refractivity contribution in [2.45, 2.75) is 90.2 Å². The van der Waals surface area contributed by atoms with Gasteiger partial charge in [0.15, 0.2) is 0 Å². The minimum Gasteiger partial charge on any atom is -0.444 e. The zero-order valence-electron chi connectivity index (χ0n) is 26.0. The van der Waals surface area contributed by atoms with E-state index in [-0.39, 0.29) is 18.9 Å². The molecular weight excluding hydrogens is 550 g/mol. The SMILES string of the molecule is CCC(C)C(NC(=O)[C@H](Cc1ccccc1)C[C@H](O)[C@H](Cc1ccccc1)NC(=O)OC(C)(C)C)C(=O)NCC(O)CO. The molecule has 10 nitrogen and oxygen atoms in total. The van der Waals surface area contributed by atoms with Crippen molar-refractivity contribution in [2.75, 3.05) is 13.2 Å². The zero-order valence-corrected chi connectivity index (χ0v) is 26.0. The summed E-state index contributed by atoms with van der Waals surface area (Å²) < 4.78 is 5.45. The molecule has 6 N–H and O–H groups in total. The van der Waals surface area contributed by atoms with Crippen LogP contribution in [0.5, 0.6) is 0 Å². The van der Waals surface area contributed by atoms with Crippen LogP contribution in [0.15, 0.2) is 60.7 Å². The molecule has 0 spiro atoms. The highest BCUT2D eigenvalue weighted by molar-refractivity contribution is 5.88. The number of hydrogen-bond donors (Lipinski definition) is 6. The summed E-state index contributed by atoms with van der Waals surface area (Å²) in [6.45, 7) is 8.36. The Morgan fingerprint density at radius 2 is 1.42 bits per heavy atom. The maximum Gasteiger partial charge on any atom is 0.407 e. The summed E-state index contributed by atoms with van der Waals surface area (Å²) in [4.78, 5) is 39.6. The van der Waals surface area contributed by atoms with E-state index in [1.54, 1.807) is 20.8 Å². The maximum absolute atomic E-state index is 13.8. The Hall–Kier alpha value is -3.47. The second-order valence-corrected chi connectivity index (χ2v) is 12.1. The van der Waals surface area contributed by atoms with Crippen LogP contribution < -0.4 is 16.0 Å². The third kappa shape index (κ3) is 13.1. The van der Waals surface area contributed by atoms with E-state index < -0.39 is 60.3 Å². The number of carbonyl (C=O) groups is 3. The number of rotatable bonds is 16. The first-order chi connectivity index (χ1) is 20.3. The number of amides is 3. The molecule has 0 aliphatic heterocycles. The predicted octanol–water partition coefficient (Wildman–Crippen LogP) is 2.73. The Morgan fingerprint density at radius 3 is 1.93 bits per heavy atom. The van der Waals surface area contributed by atoms with Crippen LogP contribution in [0, 0.1) is 11.8 Å². The van der Waals surface area contributed by atoms with Crippen LogP contribution >= 0.6 is 0 Å². The molecule has 43 heavy (non-hydrogen) atoms. The first-order valence-electron chi connectivity index (χ1n) is 14.9. The van der Waals surface area contributed by atoms with Crippen molar-refractivity contribution < 1.29 is 34.4 Å². The molecule has 2 aromatic carbocycles. The van der Waals surface area contributed by atoms with Gasteiger partial charge in [0.25, 0.3) is 0 Å². The maximum atomic E-state index is 13.8. The average molecular weight is 600 g/mol. The number of aliphatic hydroxyl groups excluding tert-OH is 3. The number of nitrogens with one attached hydrogen (secondary N) is 3. The minimum atomic E-state index is -1.12. The molecule has 2 rings (SSSR count). The van der Waals surface area contributed by atoms with E-state index in [0.29, 0.717) is 19.3 Å². The number of alkyl carbamates (subject to hydrolysis) is 1. The van der Waals surface area contributed by atoms with Crippen molar-refractivity contribution in [3.8, 4) is 0 Å². The molecule has 2 aromatic rings. The quantitative estimate of drug-likeness (QED) is 0.173. The smallest absolute Gasteiger partial charge is 0.407 e. The van der Waals surface area contributed by atoms with Crippen molar-refractivity contribution in [1.29, 1.82) is 0 Å². The number of ether oxygens (including phenoxy) is 1. The molecule has 3 unspecified atom stereocenters. The molecule has 0 radical (unpaired) electrons. The first kappa shape index (κ1) is 35.7. The van der Waals surface area contributed by atoms with Gasteiger partial charge in [-0.15, -0.1) is 0 Å². The molecule has 0 fully saturated rings. The highest BCUT2D eigenvalue weighted by atomic mass is 16.6. The molecule has 0 saturated carbocycles. The molecule has 6 atom stereocenters. The lowest BCUT2D eigenvalue weighted by Crippen LogP contribution is -2.54. The summed E-state index contributed by atoms with van der Waals surface area (Å²) in [6, 6.07) is 17.2. The lowest BCUT2D eigenvalue weighted by atomic mass is 9.88. The van der Waals surface area contributed by atoms with Gasteiger partial charge in [-0.25, -0.2) is 4.79 Å². The normalized spacial score (nSPS) is 15.7. The number of carbonyl (C=O) groups excluding carboxylic acids is 3. The number of aliphatic hydroxyl groups is 3. The van der Waals surface area contributed by atoms with Crippen molar-refractivity contribution in [2.24, 2.45) is 11.8 Å². The van der Waals surface area contributed by atoms with Gasteiger partial charge in [0.1, 0.15) is 11.6 Å². The molecule has 0 aliphatic carbocycles. The fraction of sp³-hybridized carbons (Fsp3) is 0.545. The fourth-order valence-corrected chi connectivity index (χ4v) is 4.61. The predicted molar refractivity (Wildman–Crippen MR) is 165 cm³/mol. The van der Waals surface area contributed by atoms with E-state index in [4.69, 9.17) is 9.84 Å². The van der Waals surface area contributed by atoms with Crippen molar-refractivity contribution >= 4 is 17.9 Å². The van der Waals surface area contributed by atoms with Gasteiger partial charge in [-0.1, -0.05) is 80.9 Å². The summed E-state index contributed by atoms with van der Waals surface area (Å²) >= 11 is 0. The van der Waals surface area contributed by atoms with E-state index in [9.17, 15) is 24.6 Å². The summed E-state index contributed by atoms with van der Waals surface area (Å²) in [7, 11) is 0. The van der Waals surface area contributed by atoms with Gasteiger partial charge in [0.2, 0.25) is 11.8 Å². The number of hydrogen-bond acceptors (Lipinski definition) is 7. The molecule has 0 heterocycles. The van der Waals surface area contributed by atoms with E-state index in [2.05, 4.69) is 16.0 Å². The zero-order chi connectivity index (χ0) is 32.0. The summed E-state index contributed by atoms with van der Waals surface area (Å²) in [5.41, 5.74) is 1.04. The molecule has 0 aromatic heterocycles. The lowest BCUT2D eigenvalue weighted by molar-refractivity contribution is -0.133. The highest BCUT2D eigenvalue weighted by Crippen LogP contribution is 2.20. The summed E-state index contributed by atoms with van der Waals surface area (Å²) in [5, 5.41) is 38.6. The Morgan fingerprint density at radius 1 is 0.860 bits per heavy atom. The van der Waals surface area contributed by atoms with E-state index >= 15 is 0 Å². The van der Waals surface area contributed by atoms with Gasteiger partial charge in [0.05, 0.1) is 24.9 Å². The molecular formula is C33H49N3O7. The Bertz CT molecular complexity index is 1120. The van der Waals surface area contributed by atoms with Gasteiger partial charge >= 0.3 is 6.09 Å². The number of benzene rings is 2. The largest absolute Gasteiger partial charge is 0.444 e. The van der Waals surface area contributed by atoms with E-state index in [1.165, 1.54) is 0 Å². The van der Waals surface area contributed by atoms with Gasteiger partial charge in [0, 0.05) is 12.5 Å². The van der Waals surface area contributed by atoms with Crippen molar-refractivity contribution in [3.05, 3.63) is 71.8 Å². The summed E-state index contributed by atoms with van der Waals surface area (Å²) in [5.74, 6) is -1.85. The van der Waals surface area contributed by atoms with Gasteiger partial charge in [-0.05, 0) is 57.1 Å². The van der Waals surface area contributed by atoms with E-state index in [0.717, 1.165) is 11.1 Å². The van der Waals surface area contributed by atoms with Crippen LogP contribution in [0.4, 0.5) is 4.79 Å². The molecule has 3 amide bonds. The second kappa shape index (κ2) is 17.6. The summed E-state index contributed by atoms with van der Waals surface area (Å²) in [6.07, 6.45) is -1.69. The van der Waals surface area contributed by atoms with Crippen LogP contribution in [-0.2, 0) is 27.2 Å². The average Bonchev–Trinajstić information content (AvgIpc) is 2.97. The lowest BCUT2D eigenvalue weighted by Gasteiger charge is -2.30. The molecule has 0 bridgehead atoms. The highest BCUT2D eigenvalue weighted by Gasteiger charge is 2.33. The standard InChI is InChI=1S/C33H49N3O7/c1-6-22(2)29(31(41)34-20-26(38)21-37)36-30(40)25(17-23-13-9-7-10-14-23)19-28(39)27(18-24-15-11-8-12-16-24)35-32(42)43-33(3,4)5/h7-16,22,25-29,37-39H,6,17-21H2,1-5H3,(H,34,41)(H,35,42)(H,36,40)/t22?,25-,26?,27+,28+,29?/m1/s1. The van der Waals surface area contributed by atoms with Crippen molar-refractivity contribution in [1.82, 2.24) is 16.0 Å². The first-order valence-corrected chi connectivity index (χ1v) is 14.9. The molecule has 0 aliphatic rings. The fourth-order valence-electron chi connectivity index (χ4n) is 4.61. The third-order valence-electron chi connectivity index (χ3n) is 7.20. The third-order valence-corrected chi connectivity index (χ3v) is 7.20. The Labute approximate surface area is 255 Å². The Kier molecular flexibility index (Phi) is 14.6. The van der Waals surface area contributed by atoms with Crippen LogP contribution in [0.25, 0.3) is 0 Å². The van der Waals surface area contributed by atoms with Crippen molar-refractivity contribution in [3.63, 3.8) is 0 Å². The van der Waals surface area contributed by atoms with Crippen LogP contribution in [-0.4, -0.2) is 76.3 Å². The topological polar surface area (TPSA) is 157 Å². The van der Waals surface area contributed by atoms with Gasteiger partial charge in [-0.2, -0.15) is 0 Å². The van der Waals surface area contributed by atoms with Crippen LogP contribution in [0.1, 0.15) is 58.6 Å². The van der Waals surface area contributed by atoms with Crippen LogP contribution in [0.3, 0.4) is 0 Å². The second-order valence-electron chi connectivity index (χ2n) is 12.1. The molecule has 0 saturated heterocycles. The van der Waals surface area contributed by atoms with Gasteiger partial charge < -0.3 is 36.0 Å². The Balaban J connectivity index is 2.31. The minimum absolute atomic E-state index is 0.00605.